The van der Waals surface area contributed by atoms with Crippen LogP contribution in [0.15, 0.2) is 16.6 Å². The summed E-state index contributed by atoms with van der Waals surface area (Å²) in [6.45, 7) is 0. The van der Waals surface area contributed by atoms with E-state index in [2.05, 4.69) is 21.2 Å². The number of hydrogen-bond acceptors (Lipinski definition) is 4. The Morgan fingerprint density at radius 3 is 2.33 bits per heavy atom. The first-order valence-electron chi connectivity index (χ1n) is 6.22. The maximum atomic E-state index is 13.1. The van der Waals surface area contributed by atoms with Crippen molar-refractivity contribution in [3.05, 3.63) is 22.2 Å². The van der Waals surface area contributed by atoms with Gasteiger partial charge in [-0.3, -0.25) is 0 Å². The van der Waals surface area contributed by atoms with E-state index in [1.165, 1.54) is 6.07 Å². The number of rotatable bonds is 2. The molecule has 4 nitrogen and oxygen atoms in total. The molecule has 1 saturated heterocycles. The summed E-state index contributed by atoms with van der Waals surface area (Å²) in [5.41, 5.74) is 4.61. The summed E-state index contributed by atoms with van der Waals surface area (Å²) in [6.07, 6.45) is -3.99. The fourth-order valence-electron chi connectivity index (χ4n) is 2.25. The molecule has 1 fully saturated rings. The van der Waals surface area contributed by atoms with Crippen molar-refractivity contribution in [2.45, 2.75) is 25.1 Å². The molecule has 2 rings (SSSR count). The molecule has 0 atom stereocenters. The molecule has 0 radical (unpaired) electrons. The average molecular weight is 387 g/mol. The maximum absolute atomic E-state index is 13.1. The summed E-state index contributed by atoms with van der Waals surface area (Å²) in [5, 5.41) is 2.76. The van der Waals surface area contributed by atoms with Crippen molar-refractivity contribution in [1.29, 1.82) is 0 Å². The lowest BCUT2D eigenvalue weighted by Crippen LogP contribution is -2.33. The molecular formula is C12H14BrF3N2O2S. The number of alkyl halides is 3. The second-order valence-electron chi connectivity index (χ2n) is 4.99. The van der Waals surface area contributed by atoms with E-state index in [0.29, 0.717) is 0 Å². The predicted octanol–water partition coefficient (Wildman–Crippen LogP) is 3.04. The third-order valence-corrected chi connectivity index (χ3v) is 5.52. The van der Waals surface area contributed by atoms with Gasteiger partial charge in [-0.25, -0.2) is 8.42 Å². The van der Waals surface area contributed by atoms with Crippen molar-refractivity contribution in [2.24, 2.45) is 0 Å². The zero-order valence-electron chi connectivity index (χ0n) is 10.9. The molecule has 1 heterocycles. The molecule has 1 aromatic carbocycles. The SMILES string of the molecule is Nc1cc(Br)cc(C(F)(F)F)c1NC1CCS(=O)(=O)CC1. The van der Waals surface area contributed by atoms with Crippen LogP contribution in [0.3, 0.4) is 0 Å². The summed E-state index contributed by atoms with van der Waals surface area (Å²) < 4.78 is 62.2. The van der Waals surface area contributed by atoms with Crippen LogP contribution >= 0.6 is 15.9 Å². The first-order valence-corrected chi connectivity index (χ1v) is 8.83. The monoisotopic (exact) mass is 386 g/mol. The Kier molecular flexibility index (Phi) is 4.44. The zero-order valence-corrected chi connectivity index (χ0v) is 13.3. The van der Waals surface area contributed by atoms with E-state index in [1.807, 2.05) is 0 Å². The summed E-state index contributed by atoms with van der Waals surface area (Å²) in [6, 6.07) is 2.01. The van der Waals surface area contributed by atoms with E-state index in [1.54, 1.807) is 0 Å². The quantitative estimate of drug-likeness (QED) is 0.766. The maximum Gasteiger partial charge on any atom is 0.418 e. The van der Waals surface area contributed by atoms with Crippen LogP contribution in [0.5, 0.6) is 0 Å². The van der Waals surface area contributed by atoms with Crippen LogP contribution in [0.2, 0.25) is 0 Å². The average Bonchev–Trinajstić information content (AvgIpc) is 2.33. The van der Waals surface area contributed by atoms with Crippen LogP contribution in [0, 0.1) is 0 Å². The van der Waals surface area contributed by atoms with Gasteiger partial charge in [0.1, 0.15) is 9.84 Å². The summed E-state index contributed by atoms with van der Waals surface area (Å²) in [5.74, 6) is -0.0507. The highest BCUT2D eigenvalue weighted by Gasteiger charge is 2.36. The second-order valence-corrected chi connectivity index (χ2v) is 8.21. The third kappa shape index (κ3) is 4.03. The minimum absolute atomic E-state index is 0.0230. The van der Waals surface area contributed by atoms with Gasteiger partial charge in [0, 0.05) is 10.5 Å². The smallest absolute Gasteiger partial charge is 0.397 e. The van der Waals surface area contributed by atoms with Crippen molar-refractivity contribution in [3.63, 3.8) is 0 Å². The minimum atomic E-state index is -4.54. The lowest BCUT2D eigenvalue weighted by Gasteiger charge is -2.26. The van der Waals surface area contributed by atoms with Gasteiger partial charge in [0.2, 0.25) is 0 Å². The third-order valence-electron chi connectivity index (χ3n) is 3.34. The Bertz CT molecular complexity index is 633. The Hall–Kier alpha value is -0.960. The van der Waals surface area contributed by atoms with Crippen LogP contribution in [-0.2, 0) is 16.0 Å². The molecule has 3 N–H and O–H groups in total. The molecule has 0 saturated carbocycles. The number of anilines is 2. The van der Waals surface area contributed by atoms with Crippen LogP contribution in [0.4, 0.5) is 24.5 Å². The van der Waals surface area contributed by atoms with Gasteiger partial charge < -0.3 is 11.1 Å². The molecule has 118 valence electrons. The number of halogens is 4. The number of sulfone groups is 1. The number of nitrogens with two attached hydrogens (primary N) is 1. The topological polar surface area (TPSA) is 72.2 Å². The number of hydrogen-bond donors (Lipinski definition) is 2. The van der Waals surface area contributed by atoms with Crippen LogP contribution < -0.4 is 11.1 Å². The Morgan fingerprint density at radius 1 is 1.24 bits per heavy atom. The predicted molar refractivity (Wildman–Crippen MR) is 78.9 cm³/mol. The molecule has 0 aliphatic carbocycles. The normalized spacial score (nSPS) is 19.4. The molecule has 0 aromatic heterocycles. The van der Waals surface area contributed by atoms with E-state index in [0.717, 1.165) is 6.07 Å². The van der Waals surface area contributed by atoms with Crippen molar-refractivity contribution in [2.75, 3.05) is 22.6 Å². The van der Waals surface area contributed by atoms with Gasteiger partial charge in [-0.15, -0.1) is 0 Å². The molecule has 0 unspecified atom stereocenters. The summed E-state index contributed by atoms with van der Waals surface area (Å²) in [4.78, 5) is 0. The standard InChI is InChI=1S/C12H14BrF3N2O2S/c13-7-5-9(12(14,15)16)11(10(17)6-7)18-8-1-3-21(19,20)4-2-8/h5-6,8,18H,1-4,17H2. The van der Waals surface area contributed by atoms with Crippen molar-refractivity contribution < 1.29 is 21.6 Å². The first kappa shape index (κ1) is 16.4. The van der Waals surface area contributed by atoms with E-state index in [9.17, 15) is 21.6 Å². The zero-order chi connectivity index (χ0) is 15.8. The first-order chi connectivity index (χ1) is 9.58. The highest BCUT2D eigenvalue weighted by Crippen LogP contribution is 2.40. The van der Waals surface area contributed by atoms with Crippen molar-refractivity contribution in [1.82, 2.24) is 0 Å². The number of nitrogens with one attached hydrogen (secondary N) is 1. The highest BCUT2D eigenvalue weighted by molar-refractivity contribution is 9.10. The molecule has 1 aliphatic heterocycles. The van der Waals surface area contributed by atoms with E-state index >= 15 is 0 Å². The molecule has 21 heavy (non-hydrogen) atoms. The number of benzene rings is 1. The highest BCUT2D eigenvalue weighted by atomic mass is 79.9. The second kappa shape index (κ2) is 5.68. The molecule has 0 bridgehead atoms. The summed E-state index contributed by atoms with van der Waals surface area (Å²) >= 11 is 2.99. The van der Waals surface area contributed by atoms with Crippen molar-refractivity contribution >= 4 is 37.1 Å². The lowest BCUT2D eigenvalue weighted by molar-refractivity contribution is -0.137. The van der Waals surface area contributed by atoms with Gasteiger partial charge >= 0.3 is 6.18 Å². The Labute approximate surface area is 128 Å². The Balaban J connectivity index is 2.28. The fraction of sp³-hybridized carbons (Fsp3) is 0.500. The van der Waals surface area contributed by atoms with E-state index in [4.69, 9.17) is 5.73 Å². The Morgan fingerprint density at radius 2 is 1.81 bits per heavy atom. The van der Waals surface area contributed by atoms with Gasteiger partial charge in [0.05, 0.1) is 28.4 Å². The van der Waals surface area contributed by atoms with Gasteiger partial charge in [0.15, 0.2) is 0 Å². The molecule has 0 spiro atoms. The summed E-state index contributed by atoms with van der Waals surface area (Å²) in [7, 11) is -3.06. The van der Waals surface area contributed by atoms with Crippen LogP contribution in [0.25, 0.3) is 0 Å². The number of nitrogen functional groups attached to an aromatic ring is 1. The van der Waals surface area contributed by atoms with Gasteiger partial charge in [-0.2, -0.15) is 13.2 Å². The minimum Gasteiger partial charge on any atom is -0.397 e. The van der Waals surface area contributed by atoms with Gasteiger partial charge in [0.25, 0.3) is 0 Å². The van der Waals surface area contributed by atoms with E-state index in [-0.39, 0.29) is 46.2 Å². The van der Waals surface area contributed by atoms with Crippen molar-refractivity contribution in [3.8, 4) is 0 Å². The molecular weight excluding hydrogens is 373 g/mol. The fourth-order valence-corrected chi connectivity index (χ4v) is 4.22. The van der Waals surface area contributed by atoms with Crippen LogP contribution in [-0.4, -0.2) is 26.0 Å². The van der Waals surface area contributed by atoms with Gasteiger partial charge in [-0.1, -0.05) is 15.9 Å². The van der Waals surface area contributed by atoms with Gasteiger partial charge in [-0.05, 0) is 25.0 Å². The molecule has 0 amide bonds. The molecule has 9 heteroatoms. The lowest BCUT2D eigenvalue weighted by atomic mass is 10.1. The molecule has 1 aliphatic rings. The largest absolute Gasteiger partial charge is 0.418 e. The van der Waals surface area contributed by atoms with E-state index < -0.39 is 21.6 Å². The van der Waals surface area contributed by atoms with Crippen LogP contribution in [0.1, 0.15) is 18.4 Å². The molecule has 1 aromatic rings.